The van der Waals surface area contributed by atoms with E-state index in [1.807, 2.05) is 18.7 Å². The van der Waals surface area contributed by atoms with Gasteiger partial charge in [-0.15, -0.1) is 0 Å². The van der Waals surface area contributed by atoms with Gasteiger partial charge in [-0.3, -0.25) is 0 Å². The van der Waals surface area contributed by atoms with Crippen molar-refractivity contribution in [3.63, 3.8) is 0 Å². The third-order valence-electron chi connectivity index (χ3n) is 4.64. The molecule has 3 aromatic rings. The van der Waals surface area contributed by atoms with Crippen molar-refractivity contribution in [1.29, 1.82) is 0 Å². The van der Waals surface area contributed by atoms with Crippen LogP contribution >= 0.6 is 0 Å². The van der Waals surface area contributed by atoms with Gasteiger partial charge >= 0.3 is 0 Å². The molecule has 0 unspecified atom stereocenters. The van der Waals surface area contributed by atoms with Crippen molar-refractivity contribution in [2.45, 2.75) is 31.5 Å². The molecule has 0 bridgehead atoms. The Bertz CT molecular complexity index is 725. The molecule has 0 radical (unpaired) electrons. The SMILES string of the molecule is c1ccc([C@@H](Cn2ccnc2)NC2Cc3ccccc3C2)cc1. The Labute approximate surface area is 137 Å². The summed E-state index contributed by atoms with van der Waals surface area (Å²) in [6.45, 7) is 0.900. The second-order valence-corrected chi connectivity index (χ2v) is 6.26. The molecule has 1 heterocycles. The van der Waals surface area contributed by atoms with Crippen molar-refractivity contribution in [3.8, 4) is 0 Å². The zero-order chi connectivity index (χ0) is 15.5. The summed E-state index contributed by atoms with van der Waals surface area (Å²) in [7, 11) is 0. The monoisotopic (exact) mass is 303 g/mol. The Kier molecular flexibility index (Phi) is 3.95. The van der Waals surface area contributed by atoms with Gasteiger partial charge in [-0.2, -0.15) is 0 Å². The molecule has 1 N–H and O–H groups in total. The molecule has 4 rings (SSSR count). The molecule has 1 aliphatic carbocycles. The number of benzene rings is 2. The second-order valence-electron chi connectivity index (χ2n) is 6.26. The van der Waals surface area contributed by atoms with Gasteiger partial charge < -0.3 is 9.88 Å². The van der Waals surface area contributed by atoms with Gasteiger partial charge in [-0.1, -0.05) is 54.6 Å². The number of nitrogens with one attached hydrogen (secondary N) is 1. The first-order valence-electron chi connectivity index (χ1n) is 8.22. The number of nitrogens with zero attached hydrogens (tertiary/aromatic N) is 2. The quantitative estimate of drug-likeness (QED) is 0.783. The van der Waals surface area contributed by atoms with Crippen LogP contribution in [0.1, 0.15) is 22.7 Å². The van der Waals surface area contributed by atoms with Gasteiger partial charge in [0.15, 0.2) is 0 Å². The van der Waals surface area contributed by atoms with E-state index in [4.69, 9.17) is 0 Å². The summed E-state index contributed by atoms with van der Waals surface area (Å²) in [4.78, 5) is 4.17. The lowest BCUT2D eigenvalue weighted by Gasteiger charge is -2.24. The van der Waals surface area contributed by atoms with Gasteiger partial charge in [0.05, 0.1) is 12.4 Å². The standard InChI is InChI=1S/C20H21N3/c1-2-6-16(7-3-1)20(14-23-11-10-21-15-23)22-19-12-17-8-4-5-9-18(17)13-19/h1-11,15,19-20,22H,12-14H2/t20-/m1/s1. The lowest BCUT2D eigenvalue weighted by atomic mass is 10.0. The Balaban J connectivity index is 1.52. The van der Waals surface area contributed by atoms with Gasteiger partial charge in [-0.05, 0) is 29.5 Å². The van der Waals surface area contributed by atoms with E-state index in [1.165, 1.54) is 16.7 Å². The van der Waals surface area contributed by atoms with Crippen molar-refractivity contribution in [3.05, 3.63) is 90.0 Å². The Morgan fingerprint density at radius 2 is 1.70 bits per heavy atom. The lowest BCUT2D eigenvalue weighted by Crippen LogP contribution is -2.35. The average Bonchev–Trinajstić information content (AvgIpc) is 3.24. The summed E-state index contributed by atoms with van der Waals surface area (Å²) in [6.07, 6.45) is 7.99. The highest BCUT2D eigenvalue weighted by molar-refractivity contribution is 5.33. The van der Waals surface area contributed by atoms with E-state index < -0.39 is 0 Å². The van der Waals surface area contributed by atoms with E-state index >= 15 is 0 Å². The molecule has 1 aliphatic rings. The summed E-state index contributed by atoms with van der Waals surface area (Å²) in [5.74, 6) is 0. The predicted molar refractivity (Wildman–Crippen MR) is 92.2 cm³/mol. The topological polar surface area (TPSA) is 29.9 Å². The minimum Gasteiger partial charge on any atom is -0.336 e. The van der Waals surface area contributed by atoms with Crippen LogP contribution in [0.25, 0.3) is 0 Å². The fraction of sp³-hybridized carbons (Fsp3) is 0.250. The van der Waals surface area contributed by atoms with Gasteiger partial charge in [-0.25, -0.2) is 4.98 Å². The first-order valence-corrected chi connectivity index (χ1v) is 8.22. The zero-order valence-electron chi connectivity index (χ0n) is 13.1. The maximum atomic E-state index is 4.17. The fourth-order valence-corrected chi connectivity index (χ4v) is 3.51. The van der Waals surface area contributed by atoms with E-state index in [9.17, 15) is 0 Å². The Morgan fingerprint density at radius 3 is 2.35 bits per heavy atom. The van der Waals surface area contributed by atoms with Gasteiger partial charge in [0.25, 0.3) is 0 Å². The molecular formula is C20H21N3. The normalized spacial score (nSPS) is 15.5. The minimum atomic E-state index is 0.296. The largest absolute Gasteiger partial charge is 0.336 e. The summed E-state index contributed by atoms with van der Waals surface area (Å²) < 4.78 is 2.15. The van der Waals surface area contributed by atoms with Crippen molar-refractivity contribution in [2.24, 2.45) is 0 Å². The van der Waals surface area contributed by atoms with Crippen LogP contribution in [0.15, 0.2) is 73.3 Å². The van der Waals surface area contributed by atoms with Crippen LogP contribution in [0.4, 0.5) is 0 Å². The number of aromatic nitrogens is 2. The summed E-state index contributed by atoms with van der Waals surface area (Å²) in [5, 5.41) is 3.87. The maximum absolute atomic E-state index is 4.17. The fourth-order valence-electron chi connectivity index (χ4n) is 3.51. The second kappa shape index (κ2) is 6.39. The molecule has 23 heavy (non-hydrogen) atoms. The molecule has 2 aromatic carbocycles. The molecule has 0 saturated carbocycles. The third kappa shape index (κ3) is 3.20. The zero-order valence-corrected chi connectivity index (χ0v) is 13.1. The summed E-state index contributed by atoms with van der Waals surface area (Å²) in [5.41, 5.74) is 4.30. The highest BCUT2D eigenvalue weighted by Crippen LogP contribution is 2.25. The van der Waals surface area contributed by atoms with Crippen molar-refractivity contribution in [2.75, 3.05) is 0 Å². The molecule has 116 valence electrons. The van der Waals surface area contributed by atoms with Crippen LogP contribution in [0, 0.1) is 0 Å². The smallest absolute Gasteiger partial charge is 0.0946 e. The highest BCUT2D eigenvalue weighted by atomic mass is 15.1. The van der Waals surface area contributed by atoms with Crippen molar-refractivity contribution < 1.29 is 0 Å². The Morgan fingerprint density at radius 1 is 1.00 bits per heavy atom. The molecule has 1 atom stereocenters. The van der Waals surface area contributed by atoms with Crippen LogP contribution in [0.2, 0.25) is 0 Å². The number of imidazole rings is 1. The lowest BCUT2D eigenvalue weighted by molar-refractivity contribution is 0.402. The molecule has 1 aromatic heterocycles. The van der Waals surface area contributed by atoms with Crippen molar-refractivity contribution in [1.82, 2.24) is 14.9 Å². The molecular weight excluding hydrogens is 282 g/mol. The molecule has 0 aliphatic heterocycles. The maximum Gasteiger partial charge on any atom is 0.0946 e. The molecule has 0 saturated heterocycles. The highest BCUT2D eigenvalue weighted by Gasteiger charge is 2.24. The van der Waals surface area contributed by atoms with E-state index in [2.05, 4.69) is 69.5 Å². The molecule has 0 amide bonds. The van der Waals surface area contributed by atoms with E-state index in [0.717, 1.165) is 19.4 Å². The summed E-state index contributed by atoms with van der Waals surface area (Å²) >= 11 is 0. The average molecular weight is 303 g/mol. The van der Waals surface area contributed by atoms with Crippen LogP contribution in [0.5, 0.6) is 0 Å². The van der Waals surface area contributed by atoms with Gasteiger partial charge in [0.1, 0.15) is 0 Å². The molecule has 3 nitrogen and oxygen atoms in total. The van der Waals surface area contributed by atoms with E-state index in [-0.39, 0.29) is 0 Å². The molecule has 0 spiro atoms. The van der Waals surface area contributed by atoms with Gasteiger partial charge in [0, 0.05) is 25.0 Å². The first kappa shape index (κ1) is 14.2. The number of rotatable bonds is 5. The number of hydrogen-bond donors (Lipinski definition) is 1. The predicted octanol–water partition coefficient (Wildman–Crippen LogP) is 3.38. The van der Waals surface area contributed by atoms with Crippen LogP contribution in [0.3, 0.4) is 0 Å². The van der Waals surface area contributed by atoms with Crippen molar-refractivity contribution >= 4 is 0 Å². The van der Waals surface area contributed by atoms with Gasteiger partial charge in [0.2, 0.25) is 0 Å². The molecule has 0 fully saturated rings. The van der Waals surface area contributed by atoms with Crippen LogP contribution in [-0.2, 0) is 19.4 Å². The van der Waals surface area contributed by atoms with Crippen LogP contribution < -0.4 is 5.32 Å². The molecule has 3 heteroatoms. The number of hydrogen-bond acceptors (Lipinski definition) is 2. The van der Waals surface area contributed by atoms with E-state index in [0.29, 0.717) is 12.1 Å². The third-order valence-corrected chi connectivity index (χ3v) is 4.64. The Hall–Kier alpha value is -2.39. The summed E-state index contributed by atoms with van der Waals surface area (Å²) in [6, 6.07) is 20.3. The van der Waals surface area contributed by atoms with Crippen LogP contribution in [-0.4, -0.2) is 15.6 Å². The number of fused-ring (bicyclic) bond motifs is 1. The minimum absolute atomic E-state index is 0.296. The first-order chi connectivity index (χ1) is 11.4. The van der Waals surface area contributed by atoms with E-state index in [1.54, 1.807) is 0 Å².